The highest BCUT2D eigenvalue weighted by Crippen LogP contribution is 2.27. The van der Waals surface area contributed by atoms with Gasteiger partial charge in [0.25, 0.3) is 0 Å². The number of benzene rings is 2. The van der Waals surface area contributed by atoms with Gasteiger partial charge >= 0.3 is 0 Å². The van der Waals surface area contributed by atoms with Crippen molar-refractivity contribution >= 4 is 0 Å². The fourth-order valence-electron chi connectivity index (χ4n) is 1.34. The van der Waals surface area contributed by atoms with Crippen molar-refractivity contribution in [2.75, 3.05) is 0 Å². The summed E-state index contributed by atoms with van der Waals surface area (Å²) in [4.78, 5) is 0. The van der Waals surface area contributed by atoms with E-state index >= 15 is 0 Å². The third-order valence-corrected chi connectivity index (χ3v) is 1.95. The molecule has 0 saturated carbocycles. The first-order valence-electron chi connectivity index (χ1n) is 4.25. The summed E-state index contributed by atoms with van der Waals surface area (Å²) in [7, 11) is 0. The highest BCUT2D eigenvalue weighted by atomic mass is 16.3. The summed E-state index contributed by atoms with van der Waals surface area (Å²) in [5, 5.41) is 18.6. The topological polar surface area (TPSA) is 40.5 Å². The van der Waals surface area contributed by atoms with Gasteiger partial charge in [-0.2, -0.15) is 0 Å². The Balaban J connectivity index is 2.52. The highest BCUT2D eigenvalue weighted by Gasteiger charge is 2.00. The maximum absolute atomic E-state index is 9.29. The number of aromatic hydroxyl groups is 2. The monoisotopic (exact) mass is 185 g/mol. The van der Waals surface area contributed by atoms with E-state index in [4.69, 9.17) is 0 Å². The zero-order chi connectivity index (χ0) is 9.97. The average molecular weight is 185 g/mol. The third-order valence-electron chi connectivity index (χ3n) is 1.95. The van der Waals surface area contributed by atoms with Crippen LogP contribution in [-0.4, -0.2) is 10.2 Å². The summed E-state index contributed by atoms with van der Waals surface area (Å²) in [6, 6.07) is 14.7. The lowest BCUT2D eigenvalue weighted by Gasteiger charge is -2.02. The Morgan fingerprint density at radius 3 is 1.93 bits per heavy atom. The van der Waals surface area contributed by atoms with E-state index < -0.39 is 0 Å². The first-order valence-corrected chi connectivity index (χ1v) is 4.25. The predicted molar refractivity (Wildman–Crippen MR) is 54.0 cm³/mol. The van der Waals surface area contributed by atoms with Gasteiger partial charge in [0.05, 0.1) is 0 Å². The fraction of sp³-hybridized carbons (Fsp3) is 0. The first kappa shape index (κ1) is 8.63. The van der Waals surface area contributed by atoms with Crippen molar-refractivity contribution in [3.63, 3.8) is 0 Å². The average Bonchev–Trinajstić information content (AvgIpc) is 2.18. The van der Waals surface area contributed by atoms with E-state index in [0.717, 1.165) is 11.1 Å². The van der Waals surface area contributed by atoms with Crippen molar-refractivity contribution < 1.29 is 10.2 Å². The summed E-state index contributed by atoms with van der Waals surface area (Å²) in [5.41, 5.74) is 1.73. The van der Waals surface area contributed by atoms with Gasteiger partial charge < -0.3 is 10.2 Å². The van der Waals surface area contributed by atoms with Crippen LogP contribution in [-0.2, 0) is 0 Å². The predicted octanol–water partition coefficient (Wildman–Crippen LogP) is 2.56. The molecule has 0 aromatic heterocycles. The SMILES string of the molecule is Oc1cc(O)cc(-c2cc[c]cc2)c1. The van der Waals surface area contributed by atoms with Gasteiger partial charge in [0.15, 0.2) is 0 Å². The molecule has 0 aliphatic carbocycles. The molecule has 0 saturated heterocycles. The van der Waals surface area contributed by atoms with Crippen LogP contribution >= 0.6 is 0 Å². The molecule has 2 N–H and O–H groups in total. The maximum atomic E-state index is 9.29. The van der Waals surface area contributed by atoms with Crippen molar-refractivity contribution in [1.82, 2.24) is 0 Å². The molecule has 69 valence electrons. The molecule has 2 aromatic rings. The van der Waals surface area contributed by atoms with Gasteiger partial charge in [0, 0.05) is 6.07 Å². The summed E-state index contributed by atoms with van der Waals surface area (Å²) >= 11 is 0. The Morgan fingerprint density at radius 1 is 0.786 bits per heavy atom. The normalized spacial score (nSPS) is 10.0. The molecule has 1 radical (unpaired) electrons. The molecule has 0 fully saturated rings. The lowest BCUT2D eigenvalue weighted by atomic mass is 10.1. The molecular weight excluding hydrogens is 176 g/mol. The maximum Gasteiger partial charge on any atom is 0.119 e. The van der Waals surface area contributed by atoms with Crippen molar-refractivity contribution in [3.05, 3.63) is 48.5 Å². The number of rotatable bonds is 1. The van der Waals surface area contributed by atoms with Crippen LogP contribution in [0.25, 0.3) is 11.1 Å². The van der Waals surface area contributed by atoms with Crippen molar-refractivity contribution in [2.45, 2.75) is 0 Å². The lowest BCUT2D eigenvalue weighted by molar-refractivity contribution is 0.451. The molecule has 0 amide bonds. The summed E-state index contributed by atoms with van der Waals surface area (Å²) in [6.07, 6.45) is 0. The van der Waals surface area contributed by atoms with Crippen LogP contribution in [0.1, 0.15) is 0 Å². The van der Waals surface area contributed by atoms with Gasteiger partial charge in [-0.05, 0) is 29.3 Å². The lowest BCUT2D eigenvalue weighted by Crippen LogP contribution is -1.76. The van der Waals surface area contributed by atoms with E-state index in [1.54, 1.807) is 24.3 Å². The molecule has 0 aliphatic heterocycles. The summed E-state index contributed by atoms with van der Waals surface area (Å²) < 4.78 is 0. The minimum absolute atomic E-state index is 0.0628. The van der Waals surface area contributed by atoms with Crippen LogP contribution in [0.4, 0.5) is 0 Å². The van der Waals surface area contributed by atoms with Gasteiger partial charge in [0.2, 0.25) is 0 Å². The second-order valence-electron chi connectivity index (χ2n) is 3.03. The van der Waals surface area contributed by atoms with Crippen LogP contribution in [0.2, 0.25) is 0 Å². The van der Waals surface area contributed by atoms with Gasteiger partial charge in [-0.3, -0.25) is 0 Å². The first-order chi connectivity index (χ1) is 6.75. The van der Waals surface area contributed by atoms with Crippen LogP contribution in [0, 0.1) is 6.07 Å². The molecule has 0 atom stereocenters. The van der Waals surface area contributed by atoms with E-state index in [9.17, 15) is 10.2 Å². The van der Waals surface area contributed by atoms with Gasteiger partial charge in [-0.25, -0.2) is 0 Å². The smallest absolute Gasteiger partial charge is 0.119 e. The number of hydrogen-bond donors (Lipinski definition) is 2. The molecule has 2 heteroatoms. The zero-order valence-electron chi connectivity index (χ0n) is 7.44. The van der Waals surface area contributed by atoms with Crippen molar-refractivity contribution in [1.29, 1.82) is 0 Å². The Morgan fingerprint density at radius 2 is 1.36 bits per heavy atom. The van der Waals surface area contributed by atoms with E-state index in [2.05, 4.69) is 6.07 Å². The Hall–Kier alpha value is -1.96. The minimum atomic E-state index is 0.0628. The Kier molecular flexibility index (Phi) is 2.11. The van der Waals surface area contributed by atoms with Crippen LogP contribution < -0.4 is 0 Å². The van der Waals surface area contributed by atoms with E-state index in [-0.39, 0.29) is 11.5 Å². The quantitative estimate of drug-likeness (QED) is 0.716. The second-order valence-corrected chi connectivity index (χ2v) is 3.03. The van der Waals surface area contributed by atoms with E-state index in [0.29, 0.717) is 0 Å². The molecule has 0 spiro atoms. The molecule has 14 heavy (non-hydrogen) atoms. The molecule has 2 rings (SSSR count). The van der Waals surface area contributed by atoms with E-state index in [1.165, 1.54) is 6.07 Å². The molecule has 2 nitrogen and oxygen atoms in total. The van der Waals surface area contributed by atoms with Crippen LogP contribution in [0.3, 0.4) is 0 Å². The highest BCUT2D eigenvalue weighted by molar-refractivity contribution is 5.66. The molecule has 0 heterocycles. The number of hydrogen-bond acceptors (Lipinski definition) is 2. The van der Waals surface area contributed by atoms with Gasteiger partial charge in [0.1, 0.15) is 11.5 Å². The van der Waals surface area contributed by atoms with E-state index in [1.807, 2.05) is 12.1 Å². The third kappa shape index (κ3) is 1.69. The largest absolute Gasteiger partial charge is 0.508 e. The van der Waals surface area contributed by atoms with Crippen molar-refractivity contribution in [3.8, 4) is 22.6 Å². The molecular formula is C12H9O2. The Labute approximate surface area is 82.1 Å². The second kappa shape index (κ2) is 3.42. The van der Waals surface area contributed by atoms with Crippen LogP contribution in [0.15, 0.2) is 42.5 Å². The van der Waals surface area contributed by atoms with Crippen LogP contribution in [0.5, 0.6) is 11.5 Å². The molecule has 2 aromatic carbocycles. The zero-order valence-corrected chi connectivity index (χ0v) is 7.44. The van der Waals surface area contributed by atoms with Gasteiger partial charge in [-0.1, -0.05) is 24.3 Å². The fourth-order valence-corrected chi connectivity index (χ4v) is 1.34. The minimum Gasteiger partial charge on any atom is -0.508 e. The standard InChI is InChI=1S/C12H9O2/c13-11-6-10(7-12(14)8-11)9-4-2-1-3-5-9/h2-8,13-14H. The summed E-state index contributed by atoms with van der Waals surface area (Å²) in [6.45, 7) is 0. The Bertz CT molecular complexity index is 415. The summed E-state index contributed by atoms with van der Waals surface area (Å²) in [5.74, 6) is 0.126. The molecule has 0 bridgehead atoms. The molecule has 0 aliphatic rings. The number of phenols is 2. The van der Waals surface area contributed by atoms with Crippen molar-refractivity contribution in [2.24, 2.45) is 0 Å². The van der Waals surface area contributed by atoms with Gasteiger partial charge in [-0.15, -0.1) is 0 Å². The number of phenolic OH excluding ortho intramolecular Hbond substituents is 2. The molecule has 0 unspecified atom stereocenters.